The van der Waals surface area contributed by atoms with E-state index in [0.29, 0.717) is 6.04 Å². The van der Waals surface area contributed by atoms with Crippen molar-refractivity contribution in [2.75, 3.05) is 0 Å². The molecule has 0 N–H and O–H groups in total. The first-order chi connectivity index (χ1) is 7.25. The number of benzene rings is 1. The molecule has 0 spiro atoms. The van der Waals surface area contributed by atoms with Crippen molar-refractivity contribution in [1.29, 1.82) is 0 Å². The van der Waals surface area contributed by atoms with E-state index in [1.165, 1.54) is 12.8 Å². The van der Waals surface area contributed by atoms with Crippen LogP contribution in [-0.2, 0) is 0 Å². The minimum atomic E-state index is 0.112. The first kappa shape index (κ1) is 8.65. The van der Waals surface area contributed by atoms with Gasteiger partial charge < -0.3 is 4.57 Å². The molecule has 2 aromatic rings. The number of nitrogens with zero attached hydrogens (tertiary/aromatic N) is 2. The maximum atomic E-state index is 11.3. The zero-order chi connectivity index (χ0) is 10.4. The number of hydrogen-bond acceptors (Lipinski definition) is 2. The van der Waals surface area contributed by atoms with Gasteiger partial charge in [0.25, 0.3) is 0 Å². The Morgan fingerprint density at radius 1 is 1.47 bits per heavy atom. The first-order valence-corrected chi connectivity index (χ1v) is 5.23. The van der Waals surface area contributed by atoms with Gasteiger partial charge in [-0.1, -0.05) is 0 Å². The van der Waals surface area contributed by atoms with Crippen molar-refractivity contribution in [3.05, 3.63) is 30.1 Å². The highest BCUT2D eigenvalue weighted by atomic mass is 16.1. The number of carbonyl (C=O) groups is 1. The Labute approximate surface area is 87.7 Å². The van der Waals surface area contributed by atoms with Crippen LogP contribution in [-0.4, -0.2) is 15.3 Å². The monoisotopic (exact) mass is 200 g/mol. The van der Waals surface area contributed by atoms with Crippen molar-refractivity contribution in [3.8, 4) is 0 Å². The number of fused-ring (bicyclic) bond motifs is 1. The van der Waals surface area contributed by atoms with Crippen molar-refractivity contribution >= 4 is 16.8 Å². The van der Waals surface area contributed by atoms with Gasteiger partial charge in [0, 0.05) is 11.6 Å². The fourth-order valence-electron chi connectivity index (χ4n) is 1.89. The van der Waals surface area contributed by atoms with Gasteiger partial charge in [0.15, 0.2) is 5.78 Å². The molecule has 0 radical (unpaired) electrons. The van der Waals surface area contributed by atoms with Crippen LogP contribution in [0.5, 0.6) is 0 Å². The molecule has 3 nitrogen and oxygen atoms in total. The molecular weight excluding hydrogens is 188 g/mol. The molecule has 1 aliphatic carbocycles. The lowest BCUT2D eigenvalue weighted by atomic mass is 10.1. The van der Waals surface area contributed by atoms with Crippen molar-refractivity contribution in [1.82, 2.24) is 9.55 Å². The number of imidazole rings is 1. The molecule has 0 atom stereocenters. The summed E-state index contributed by atoms with van der Waals surface area (Å²) in [6.07, 6.45) is 4.35. The zero-order valence-corrected chi connectivity index (χ0v) is 8.60. The van der Waals surface area contributed by atoms with Crippen LogP contribution in [0.15, 0.2) is 24.5 Å². The number of hydrogen-bond donors (Lipinski definition) is 0. The van der Waals surface area contributed by atoms with Crippen LogP contribution in [0, 0.1) is 0 Å². The summed E-state index contributed by atoms with van der Waals surface area (Å²) in [7, 11) is 0. The minimum Gasteiger partial charge on any atom is -0.327 e. The maximum Gasteiger partial charge on any atom is 0.159 e. The maximum absolute atomic E-state index is 11.3. The van der Waals surface area contributed by atoms with Gasteiger partial charge in [0.1, 0.15) is 0 Å². The van der Waals surface area contributed by atoms with E-state index in [1.54, 1.807) is 6.92 Å². The van der Waals surface area contributed by atoms with E-state index in [4.69, 9.17) is 0 Å². The Hall–Kier alpha value is -1.64. The standard InChI is InChI=1S/C12H12N2O/c1-8(15)9-2-5-11-12(6-9)14(7-13-11)10-3-4-10/h2,5-7,10H,3-4H2,1H3. The smallest absolute Gasteiger partial charge is 0.159 e. The van der Waals surface area contributed by atoms with Crippen molar-refractivity contribution in [3.63, 3.8) is 0 Å². The molecule has 0 amide bonds. The fraction of sp³-hybridized carbons (Fsp3) is 0.333. The van der Waals surface area contributed by atoms with Gasteiger partial charge in [-0.3, -0.25) is 4.79 Å². The Kier molecular flexibility index (Phi) is 1.69. The minimum absolute atomic E-state index is 0.112. The molecule has 0 saturated heterocycles. The molecule has 15 heavy (non-hydrogen) atoms. The second-order valence-electron chi connectivity index (χ2n) is 4.14. The van der Waals surface area contributed by atoms with Gasteiger partial charge in [0.2, 0.25) is 0 Å². The van der Waals surface area contributed by atoms with Crippen LogP contribution < -0.4 is 0 Å². The van der Waals surface area contributed by atoms with E-state index in [1.807, 2.05) is 24.5 Å². The Bertz CT molecular complexity index is 538. The summed E-state index contributed by atoms with van der Waals surface area (Å²) in [4.78, 5) is 15.6. The van der Waals surface area contributed by atoms with Crippen LogP contribution in [0.1, 0.15) is 36.2 Å². The summed E-state index contributed by atoms with van der Waals surface area (Å²) in [5.74, 6) is 0.112. The normalized spacial score (nSPS) is 15.8. The second kappa shape index (κ2) is 2.92. The van der Waals surface area contributed by atoms with Crippen molar-refractivity contribution in [2.24, 2.45) is 0 Å². The molecule has 1 heterocycles. The summed E-state index contributed by atoms with van der Waals surface area (Å²) in [5, 5.41) is 0. The predicted molar refractivity (Wildman–Crippen MR) is 58.0 cm³/mol. The van der Waals surface area contributed by atoms with E-state index in [0.717, 1.165) is 16.6 Å². The molecular formula is C12H12N2O. The fourth-order valence-corrected chi connectivity index (χ4v) is 1.89. The van der Waals surface area contributed by atoms with E-state index in [9.17, 15) is 4.79 Å². The molecule has 1 aromatic heterocycles. The first-order valence-electron chi connectivity index (χ1n) is 5.23. The van der Waals surface area contributed by atoms with Crippen LogP contribution >= 0.6 is 0 Å². The molecule has 1 aromatic carbocycles. The van der Waals surface area contributed by atoms with Crippen LogP contribution in [0.4, 0.5) is 0 Å². The summed E-state index contributed by atoms with van der Waals surface area (Å²) in [6, 6.07) is 6.32. The third kappa shape index (κ3) is 1.35. The predicted octanol–water partition coefficient (Wildman–Crippen LogP) is 2.57. The number of ketones is 1. The van der Waals surface area contributed by atoms with E-state index >= 15 is 0 Å². The highest BCUT2D eigenvalue weighted by Gasteiger charge is 2.24. The number of carbonyl (C=O) groups excluding carboxylic acids is 1. The van der Waals surface area contributed by atoms with Crippen LogP contribution in [0.3, 0.4) is 0 Å². The van der Waals surface area contributed by atoms with Gasteiger partial charge >= 0.3 is 0 Å². The lowest BCUT2D eigenvalue weighted by Crippen LogP contribution is -1.94. The topological polar surface area (TPSA) is 34.9 Å². The van der Waals surface area contributed by atoms with Crippen molar-refractivity contribution < 1.29 is 4.79 Å². The lowest BCUT2D eigenvalue weighted by molar-refractivity contribution is 0.101. The molecule has 0 unspecified atom stereocenters. The van der Waals surface area contributed by atoms with E-state index in [2.05, 4.69) is 9.55 Å². The van der Waals surface area contributed by atoms with Crippen molar-refractivity contribution in [2.45, 2.75) is 25.8 Å². The molecule has 1 saturated carbocycles. The highest BCUT2D eigenvalue weighted by molar-refractivity contribution is 5.97. The van der Waals surface area contributed by atoms with Crippen LogP contribution in [0.25, 0.3) is 11.0 Å². The van der Waals surface area contributed by atoms with E-state index in [-0.39, 0.29) is 5.78 Å². The van der Waals surface area contributed by atoms with Gasteiger partial charge in [-0.15, -0.1) is 0 Å². The summed E-state index contributed by atoms with van der Waals surface area (Å²) in [6.45, 7) is 1.60. The van der Waals surface area contributed by atoms with Gasteiger partial charge in [-0.05, 0) is 38.0 Å². The summed E-state index contributed by atoms with van der Waals surface area (Å²) < 4.78 is 2.18. The van der Waals surface area contributed by atoms with Crippen LogP contribution in [0.2, 0.25) is 0 Å². The Morgan fingerprint density at radius 3 is 2.93 bits per heavy atom. The second-order valence-corrected chi connectivity index (χ2v) is 4.14. The number of Topliss-reactive ketones (excluding diaryl/α,β-unsaturated/α-hetero) is 1. The quantitative estimate of drug-likeness (QED) is 0.698. The third-order valence-electron chi connectivity index (χ3n) is 2.92. The Morgan fingerprint density at radius 2 is 2.27 bits per heavy atom. The van der Waals surface area contributed by atoms with Gasteiger partial charge in [0.05, 0.1) is 17.4 Å². The number of rotatable bonds is 2. The molecule has 3 heteroatoms. The molecule has 1 fully saturated rings. The molecule has 3 rings (SSSR count). The highest BCUT2D eigenvalue weighted by Crippen LogP contribution is 2.37. The molecule has 76 valence electrons. The summed E-state index contributed by atoms with van der Waals surface area (Å²) in [5.41, 5.74) is 2.84. The third-order valence-corrected chi connectivity index (χ3v) is 2.92. The zero-order valence-electron chi connectivity index (χ0n) is 8.60. The average molecular weight is 200 g/mol. The SMILES string of the molecule is CC(=O)c1ccc2ncn(C3CC3)c2c1. The molecule has 1 aliphatic rings. The lowest BCUT2D eigenvalue weighted by Gasteiger charge is -2.01. The number of aromatic nitrogens is 2. The summed E-state index contributed by atoms with van der Waals surface area (Å²) >= 11 is 0. The largest absolute Gasteiger partial charge is 0.327 e. The van der Waals surface area contributed by atoms with Gasteiger partial charge in [-0.25, -0.2) is 4.98 Å². The Balaban J connectivity index is 2.21. The average Bonchev–Trinajstić information content (AvgIpc) is 2.98. The molecule has 0 bridgehead atoms. The van der Waals surface area contributed by atoms with Gasteiger partial charge in [-0.2, -0.15) is 0 Å². The molecule has 0 aliphatic heterocycles. The van der Waals surface area contributed by atoms with E-state index < -0.39 is 0 Å².